The molecule has 0 bridgehead atoms. The van der Waals surface area contributed by atoms with Crippen LogP contribution in [0, 0.1) is 11.8 Å². The van der Waals surface area contributed by atoms with Crippen molar-refractivity contribution in [2.75, 3.05) is 32.2 Å². The van der Waals surface area contributed by atoms with Gasteiger partial charge in [0.05, 0.1) is 14.2 Å². The maximum absolute atomic E-state index is 5.53. The number of aromatic nitrogens is 4. The van der Waals surface area contributed by atoms with E-state index in [1.54, 1.807) is 20.5 Å². The highest BCUT2D eigenvalue weighted by atomic mass is 16.5. The zero-order valence-corrected chi connectivity index (χ0v) is 17.0. The highest BCUT2D eigenvalue weighted by Gasteiger charge is 2.33. The summed E-state index contributed by atoms with van der Waals surface area (Å²) in [6.07, 6.45) is 10.2. The molecule has 0 unspecified atom stereocenters. The van der Waals surface area contributed by atoms with Gasteiger partial charge in [0.15, 0.2) is 11.5 Å². The van der Waals surface area contributed by atoms with Crippen LogP contribution in [0.1, 0.15) is 32.1 Å². The fraction of sp³-hybridized carbons (Fsp3) is 0.500. The van der Waals surface area contributed by atoms with Crippen molar-refractivity contribution in [2.24, 2.45) is 11.8 Å². The molecule has 7 heteroatoms. The maximum Gasteiger partial charge on any atom is 0.254 e. The number of piperidine rings is 1. The first-order chi connectivity index (χ1) is 14.3. The van der Waals surface area contributed by atoms with Gasteiger partial charge in [-0.05, 0) is 42.4 Å². The molecule has 1 aliphatic heterocycles. The van der Waals surface area contributed by atoms with Crippen molar-refractivity contribution in [3.63, 3.8) is 0 Å². The van der Waals surface area contributed by atoms with E-state index in [0.29, 0.717) is 11.5 Å². The molecule has 0 radical (unpaired) electrons. The summed E-state index contributed by atoms with van der Waals surface area (Å²) < 4.78 is 12.8. The van der Waals surface area contributed by atoms with Crippen molar-refractivity contribution in [3.8, 4) is 22.6 Å². The molecule has 152 valence electrons. The summed E-state index contributed by atoms with van der Waals surface area (Å²) in [7, 11) is 3.32. The number of methoxy groups -OCH3 is 2. The van der Waals surface area contributed by atoms with Gasteiger partial charge in [0, 0.05) is 24.8 Å². The second-order valence-corrected chi connectivity index (χ2v) is 8.08. The predicted molar refractivity (Wildman–Crippen MR) is 112 cm³/mol. The Kier molecular flexibility index (Phi) is 4.73. The topological polar surface area (TPSA) is 64.8 Å². The maximum atomic E-state index is 5.53. The highest BCUT2D eigenvalue weighted by molar-refractivity contribution is 5.78. The normalized spacial score (nSPS) is 21.8. The lowest BCUT2D eigenvalue weighted by atomic mass is 9.75. The molecular weight excluding hydrogens is 366 g/mol. The molecular formula is C22H27N5O2. The standard InChI is InChI=1S/C22H27N5O2/c1-28-19-8-7-16(11-20(19)29-2)18-12-23-22-24-14-25-27(22)21(18)26-10-9-15-5-3-4-6-17(15)13-26/h7-8,11-12,14-15,17H,3-6,9-10,13H2,1-2H3/t15-,17-/m1/s1. The smallest absolute Gasteiger partial charge is 0.254 e. The van der Waals surface area contributed by atoms with E-state index in [4.69, 9.17) is 9.47 Å². The number of hydrogen-bond donors (Lipinski definition) is 0. The number of anilines is 1. The van der Waals surface area contributed by atoms with Crippen LogP contribution in [0.2, 0.25) is 0 Å². The number of ether oxygens (including phenoxy) is 2. The van der Waals surface area contributed by atoms with Crippen molar-refractivity contribution in [2.45, 2.75) is 32.1 Å². The molecule has 3 heterocycles. The van der Waals surface area contributed by atoms with Crippen molar-refractivity contribution < 1.29 is 9.47 Å². The summed E-state index contributed by atoms with van der Waals surface area (Å²) in [5.41, 5.74) is 2.08. The van der Waals surface area contributed by atoms with E-state index in [-0.39, 0.29) is 0 Å². The molecule has 2 atom stereocenters. The predicted octanol–water partition coefficient (Wildman–Crippen LogP) is 3.83. The molecule has 1 aliphatic carbocycles. The molecule has 1 saturated carbocycles. The Hall–Kier alpha value is -2.83. The quantitative estimate of drug-likeness (QED) is 0.671. The molecule has 29 heavy (non-hydrogen) atoms. The Morgan fingerprint density at radius 2 is 1.79 bits per heavy atom. The van der Waals surface area contributed by atoms with Gasteiger partial charge in [-0.3, -0.25) is 0 Å². The first kappa shape index (κ1) is 18.2. The van der Waals surface area contributed by atoms with Gasteiger partial charge in [0.1, 0.15) is 12.1 Å². The number of nitrogens with zero attached hydrogens (tertiary/aromatic N) is 5. The Balaban J connectivity index is 1.60. The van der Waals surface area contributed by atoms with E-state index in [1.165, 1.54) is 32.1 Å². The van der Waals surface area contributed by atoms with E-state index in [9.17, 15) is 0 Å². The minimum Gasteiger partial charge on any atom is -0.493 e. The summed E-state index contributed by atoms with van der Waals surface area (Å²) in [4.78, 5) is 11.4. The van der Waals surface area contributed by atoms with E-state index >= 15 is 0 Å². The molecule has 0 spiro atoms. The van der Waals surface area contributed by atoms with Crippen LogP contribution in [-0.4, -0.2) is 46.9 Å². The van der Waals surface area contributed by atoms with Gasteiger partial charge in [-0.1, -0.05) is 25.3 Å². The zero-order valence-electron chi connectivity index (χ0n) is 17.0. The van der Waals surface area contributed by atoms with Gasteiger partial charge in [0.25, 0.3) is 5.78 Å². The molecule has 0 amide bonds. The lowest BCUT2D eigenvalue weighted by Gasteiger charge is -2.42. The van der Waals surface area contributed by atoms with E-state index in [1.807, 2.05) is 22.8 Å². The van der Waals surface area contributed by atoms with Crippen LogP contribution in [-0.2, 0) is 0 Å². The van der Waals surface area contributed by atoms with Crippen LogP contribution in [0.5, 0.6) is 11.5 Å². The third-order valence-corrected chi connectivity index (χ3v) is 6.57. The zero-order chi connectivity index (χ0) is 19.8. The second-order valence-electron chi connectivity index (χ2n) is 8.08. The second kappa shape index (κ2) is 7.54. The van der Waals surface area contributed by atoms with Crippen LogP contribution in [0.4, 0.5) is 5.82 Å². The average molecular weight is 393 g/mol. The Morgan fingerprint density at radius 1 is 0.966 bits per heavy atom. The van der Waals surface area contributed by atoms with Crippen LogP contribution in [0.3, 0.4) is 0 Å². The van der Waals surface area contributed by atoms with Gasteiger partial charge < -0.3 is 14.4 Å². The summed E-state index contributed by atoms with van der Waals surface area (Å²) in [5.74, 6) is 4.77. The Morgan fingerprint density at radius 3 is 2.62 bits per heavy atom. The summed E-state index contributed by atoms with van der Waals surface area (Å²) >= 11 is 0. The fourth-order valence-corrected chi connectivity index (χ4v) is 5.07. The number of rotatable bonds is 4. The van der Waals surface area contributed by atoms with Gasteiger partial charge >= 0.3 is 0 Å². The third-order valence-electron chi connectivity index (χ3n) is 6.57. The fourth-order valence-electron chi connectivity index (χ4n) is 5.07. The molecule has 2 aliphatic rings. The summed E-state index contributed by atoms with van der Waals surface area (Å²) in [5, 5.41) is 4.51. The summed E-state index contributed by atoms with van der Waals surface area (Å²) in [6, 6.07) is 6.00. The first-order valence-corrected chi connectivity index (χ1v) is 10.4. The molecule has 0 N–H and O–H groups in total. The van der Waals surface area contributed by atoms with Crippen molar-refractivity contribution in [3.05, 3.63) is 30.7 Å². The Labute approximate surface area is 170 Å². The van der Waals surface area contributed by atoms with Crippen molar-refractivity contribution in [1.29, 1.82) is 0 Å². The number of benzene rings is 1. The minimum atomic E-state index is 0.634. The lowest BCUT2D eigenvalue weighted by Crippen LogP contribution is -2.42. The van der Waals surface area contributed by atoms with E-state index < -0.39 is 0 Å². The third kappa shape index (κ3) is 3.18. The molecule has 2 aromatic heterocycles. The van der Waals surface area contributed by atoms with Gasteiger partial charge in [-0.15, -0.1) is 0 Å². The monoisotopic (exact) mass is 393 g/mol. The minimum absolute atomic E-state index is 0.634. The first-order valence-electron chi connectivity index (χ1n) is 10.4. The molecule has 7 nitrogen and oxygen atoms in total. The number of fused-ring (bicyclic) bond motifs is 2. The molecule has 1 saturated heterocycles. The van der Waals surface area contributed by atoms with Crippen LogP contribution in [0.25, 0.3) is 16.9 Å². The van der Waals surface area contributed by atoms with Gasteiger partial charge in [-0.2, -0.15) is 14.6 Å². The van der Waals surface area contributed by atoms with E-state index in [0.717, 1.165) is 47.6 Å². The van der Waals surface area contributed by atoms with Crippen LogP contribution >= 0.6 is 0 Å². The van der Waals surface area contributed by atoms with Crippen molar-refractivity contribution >= 4 is 11.6 Å². The lowest BCUT2D eigenvalue weighted by molar-refractivity contribution is 0.202. The van der Waals surface area contributed by atoms with Gasteiger partial charge in [0.2, 0.25) is 0 Å². The average Bonchev–Trinajstić information content (AvgIpc) is 3.26. The molecule has 1 aromatic carbocycles. The SMILES string of the molecule is COc1ccc(-c2cnc3ncnn3c2N2CC[C@H]3CCCC[C@@H]3C2)cc1OC. The molecule has 2 fully saturated rings. The van der Waals surface area contributed by atoms with Crippen molar-refractivity contribution in [1.82, 2.24) is 19.6 Å². The highest BCUT2D eigenvalue weighted by Crippen LogP contribution is 2.41. The summed E-state index contributed by atoms with van der Waals surface area (Å²) in [6.45, 7) is 2.12. The largest absolute Gasteiger partial charge is 0.493 e. The molecule has 5 rings (SSSR count). The van der Waals surface area contributed by atoms with Crippen LogP contribution < -0.4 is 14.4 Å². The molecule has 3 aromatic rings. The Bertz CT molecular complexity index is 1020. The number of hydrogen-bond acceptors (Lipinski definition) is 6. The van der Waals surface area contributed by atoms with E-state index in [2.05, 4.69) is 26.0 Å². The van der Waals surface area contributed by atoms with Crippen LogP contribution in [0.15, 0.2) is 30.7 Å². The van der Waals surface area contributed by atoms with Gasteiger partial charge in [-0.25, -0.2) is 4.98 Å².